The van der Waals surface area contributed by atoms with E-state index in [0.717, 1.165) is 0 Å². The second-order valence-corrected chi connectivity index (χ2v) is 9.07. The van der Waals surface area contributed by atoms with Crippen LogP contribution in [-0.4, -0.2) is 36.2 Å². The Hall–Kier alpha value is 0.160. The quantitative estimate of drug-likeness (QED) is 0.502. The molecular formula is C13H8Cl6O4. The molecule has 0 aromatic rings. The molecule has 0 radical (unpaired) electrons. The number of alkyl halides is 4. The fraction of sp³-hybridized carbons (Fsp3) is 0.538. The Bertz CT molecular complexity index is 688. The Morgan fingerprint density at radius 3 is 1.91 bits per heavy atom. The number of hydrogen-bond donors (Lipinski definition) is 2. The topological polar surface area (TPSA) is 74.6 Å². The van der Waals surface area contributed by atoms with Gasteiger partial charge in [-0.25, -0.2) is 0 Å². The molecule has 0 aromatic heterocycles. The van der Waals surface area contributed by atoms with Crippen molar-refractivity contribution in [3.05, 3.63) is 22.2 Å². The van der Waals surface area contributed by atoms with Crippen LogP contribution < -0.4 is 0 Å². The lowest BCUT2D eigenvalue weighted by Gasteiger charge is -2.42. The van der Waals surface area contributed by atoms with E-state index in [-0.39, 0.29) is 10.1 Å². The molecule has 0 aromatic carbocycles. The lowest BCUT2D eigenvalue weighted by atomic mass is 9.66. The van der Waals surface area contributed by atoms with E-state index in [1.807, 2.05) is 0 Å². The lowest BCUT2D eigenvalue weighted by molar-refractivity contribution is -0.155. The van der Waals surface area contributed by atoms with Crippen LogP contribution in [0.1, 0.15) is 0 Å². The standard InChI is InChI=1S/C13H8Cl6O4/c14-7-8(15)12(17)6-4(11(7,16)13(12,18)19)2-1-3(9(20)21)5(6)10(22)23/h1-6H,(H,20,21)(H,22,23). The van der Waals surface area contributed by atoms with E-state index in [9.17, 15) is 19.8 Å². The Balaban J connectivity index is 2.29. The van der Waals surface area contributed by atoms with Gasteiger partial charge in [0.1, 0.15) is 9.75 Å². The molecule has 0 amide bonds. The van der Waals surface area contributed by atoms with Gasteiger partial charge in [0.15, 0.2) is 4.33 Å². The number of carboxylic acids is 2. The highest BCUT2D eigenvalue weighted by Crippen LogP contribution is 2.78. The van der Waals surface area contributed by atoms with Gasteiger partial charge in [0.2, 0.25) is 0 Å². The molecule has 126 valence electrons. The largest absolute Gasteiger partial charge is 0.481 e. The Morgan fingerprint density at radius 1 is 0.913 bits per heavy atom. The van der Waals surface area contributed by atoms with E-state index >= 15 is 0 Å². The van der Waals surface area contributed by atoms with Crippen LogP contribution in [0.5, 0.6) is 0 Å². The van der Waals surface area contributed by atoms with E-state index in [1.54, 1.807) is 0 Å². The Labute approximate surface area is 160 Å². The summed E-state index contributed by atoms with van der Waals surface area (Å²) in [5.41, 5.74) is 0. The van der Waals surface area contributed by atoms with Gasteiger partial charge in [-0.15, -0.1) is 23.2 Å². The van der Waals surface area contributed by atoms with Crippen LogP contribution in [0.2, 0.25) is 0 Å². The van der Waals surface area contributed by atoms with Crippen LogP contribution in [-0.2, 0) is 9.59 Å². The molecule has 3 aliphatic carbocycles. The molecule has 0 aliphatic heterocycles. The van der Waals surface area contributed by atoms with E-state index < -0.39 is 49.7 Å². The fourth-order valence-corrected chi connectivity index (χ4v) is 6.94. The van der Waals surface area contributed by atoms with Crippen molar-refractivity contribution in [2.75, 3.05) is 0 Å². The Morgan fingerprint density at radius 2 is 1.43 bits per heavy atom. The summed E-state index contributed by atoms with van der Waals surface area (Å²) >= 11 is 38.3. The van der Waals surface area contributed by atoms with Crippen LogP contribution in [0, 0.1) is 23.7 Å². The maximum atomic E-state index is 11.8. The summed E-state index contributed by atoms with van der Waals surface area (Å²) in [5.74, 6) is -7.18. The van der Waals surface area contributed by atoms with Crippen molar-refractivity contribution >= 4 is 81.5 Å². The predicted molar refractivity (Wildman–Crippen MR) is 88.7 cm³/mol. The molecule has 6 atom stereocenters. The maximum absolute atomic E-state index is 11.8. The minimum absolute atomic E-state index is 0.0513. The second kappa shape index (κ2) is 5.09. The third-order valence-electron chi connectivity index (χ3n) is 4.92. The summed E-state index contributed by atoms with van der Waals surface area (Å²) in [6, 6.07) is 0. The average Bonchev–Trinajstić information content (AvgIpc) is 2.67. The highest BCUT2D eigenvalue weighted by atomic mass is 35.5. The van der Waals surface area contributed by atoms with Crippen LogP contribution in [0.15, 0.2) is 22.2 Å². The summed E-state index contributed by atoms with van der Waals surface area (Å²) in [7, 11) is 0. The number of fused-ring (bicyclic) bond motifs is 5. The summed E-state index contributed by atoms with van der Waals surface area (Å²) in [6.07, 6.45) is 2.72. The number of aliphatic carboxylic acids is 2. The van der Waals surface area contributed by atoms with Crippen molar-refractivity contribution in [3.8, 4) is 0 Å². The monoisotopic (exact) mass is 438 g/mol. The Kier molecular flexibility index (Phi) is 3.97. The normalized spacial score (nSPS) is 46.9. The molecule has 1 saturated carbocycles. The molecule has 6 unspecified atom stereocenters. The number of carbonyl (C=O) groups is 2. The zero-order chi connectivity index (χ0) is 17.5. The molecule has 3 rings (SSSR count). The van der Waals surface area contributed by atoms with Crippen LogP contribution in [0.4, 0.5) is 0 Å². The first-order valence-electron chi connectivity index (χ1n) is 6.39. The van der Waals surface area contributed by atoms with Gasteiger partial charge in [-0.3, -0.25) is 9.59 Å². The molecule has 10 heteroatoms. The van der Waals surface area contributed by atoms with Gasteiger partial charge in [0.05, 0.1) is 21.9 Å². The van der Waals surface area contributed by atoms with E-state index in [1.165, 1.54) is 12.2 Å². The van der Waals surface area contributed by atoms with Crippen LogP contribution >= 0.6 is 69.6 Å². The van der Waals surface area contributed by atoms with Gasteiger partial charge in [-0.05, 0) is 0 Å². The van der Waals surface area contributed by atoms with Crippen molar-refractivity contribution in [1.29, 1.82) is 0 Å². The van der Waals surface area contributed by atoms with Crippen molar-refractivity contribution < 1.29 is 19.8 Å². The highest BCUT2D eigenvalue weighted by molar-refractivity contribution is 6.65. The summed E-state index contributed by atoms with van der Waals surface area (Å²) in [6.45, 7) is 0. The van der Waals surface area contributed by atoms with Gasteiger partial charge in [-0.2, -0.15) is 0 Å². The summed E-state index contributed by atoms with van der Waals surface area (Å²) in [5, 5.41) is 18.7. The molecule has 0 saturated heterocycles. The molecule has 23 heavy (non-hydrogen) atoms. The van der Waals surface area contributed by atoms with Crippen LogP contribution in [0.3, 0.4) is 0 Å². The van der Waals surface area contributed by atoms with Gasteiger partial charge in [-0.1, -0.05) is 58.6 Å². The van der Waals surface area contributed by atoms with E-state index in [2.05, 4.69) is 0 Å². The number of rotatable bonds is 2. The first-order chi connectivity index (χ1) is 10.4. The molecule has 2 bridgehead atoms. The smallest absolute Gasteiger partial charge is 0.311 e. The maximum Gasteiger partial charge on any atom is 0.311 e. The average molecular weight is 441 g/mol. The van der Waals surface area contributed by atoms with Gasteiger partial charge in [0, 0.05) is 11.8 Å². The SMILES string of the molecule is O=C(O)C1C=CC2C(C1C(=O)O)C1(Cl)C(Cl)=C(Cl)C2(Cl)C1(Cl)Cl. The first-order valence-corrected chi connectivity index (χ1v) is 8.66. The molecule has 0 heterocycles. The van der Waals surface area contributed by atoms with Crippen molar-refractivity contribution in [1.82, 2.24) is 0 Å². The fourth-order valence-electron chi connectivity index (χ4n) is 3.91. The van der Waals surface area contributed by atoms with Crippen molar-refractivity contribution in [3.63, 3.8) is 0 Å². The molecule has 0 spiro atoms. The van der Waals surface area contributed by atoms with Crippen molar-refractivity contribution in [2.45, 2.75) is 14.1 Å². The number of carboxylic acid groups (broad SMARTS) is 2. The third-order valence-corrected chi connectivity index (χ3v) is 9.21. The second-order valence-electron chi connectivity index (χ2n) is 5.79. The lowest BCUT2D eigenvalue weighted by Crippen LogP contribution is -2.50. The first kappa shape index (κ1) is 18.0. The van der Waals surface area contributed by atoms with Gasteiger partial charge < -0.3 is 10.2 Å². The van der Waals surface area contributed by atoms with E-state index in [4.69, 9.17) is 69.6 Å². The minimum Gasteiger partial charge on any atom is -0.481 e. The zero-order valence-corrected chi connectivity index (χ0v) is 15.5. The molecule has 2 N–H and O–H groups in total. The summed E-state index contributed by atoms with van der Waals surface area (Å²) < 4.78 is -1.90. The minimum atomic E-state index is -1.90. The van der Waals surface area contributed by atoms with Crippen molar-refractivity contribution in [2.24, 2.45) is 23.7 Å². The molecule has 3 aliphatic rings. The zero-order valence-electron chi connectivity index (χ0n) is 10.9. The predicted octanol–water partition coefficient (Wildman–Crippen LogP) is 4.04. The summed E-state index contributed by atoms with van der Waals surface area (Å²) in [4.78, 5) is 19.8. The number of allylic oxidation sites excluding steroid dienone is 3. The molecule has 1 fully saturated rings. The molecular weight excluding hydrogens is 433 g/mol. The van der Waals surface area contributed by atoms with Gasteiger partial charge in [0.25, 0.3) is 0 Å². The number of hydrogen-bond acceptors (Lipinski definition) is 2. The van der Waals surface area contributed by atoms with E-state index in [0.29, 0.717) is 0 Å². The third kappa shape index (κ3) is 1.78. The highest BCUT2D eigenvalue weighted by Gasteiger charge is 2.83. The molecule has 4 nitrogen and oxygen atoms in total. The number of halogens is 6. The van der Waals surface area contributed by atoms with Crippen LogP contribution in [0.25, 0.3) is 0 Å². The van der Waals surface area contributed by atoms with Gasteiger partial charge >= 0.3 is 11.9 Å².